The van der Waals surface area contributed by atoms with Gasteiger partial charge in [0.15, 0.2) is 0 Å². The molecule has 0 spiro atoms. The van der Waals surface area contributed by atoms with Gasteiger partial charge in [-0.3, -0.25) is 0 Å². The zero-order valence-corrected chi connectivity index (χ0v) is 17.8. The molecule has 0 atom stereocenters. The maximum absolute atomic E-state index is 12.2. The van der Waals surface area contributed by atoms with Crippen molar-refractivity contribution in [1.29, 1.82) is 0 Å². The third-order valence-corrected chi connectivity index (χ3v) is 5.33. The van der Waals surface area contributed by atoms with Crippen molar-refractivity contribution in [2.45, 2.75) is 45.5 Å². The van der Waals surface area contributed by atoms with Crippen molar-refractivity contribution in [2.75, 3.05) is 12.3 Å². The average molecular weight is 409 g/mol. The fourth-order valence-electron chi connectivity index (χ4n) is 2.88. The van der Waals surface area contributed by atoms with Crippen LogP contribution in [-0.2, 0) is 20.7 Å². The van der Waals surface area contributed by atoms with Crippen molar-refractivity contribution in [1.82, 2.24) is 10.3 Å². The van der Waals surface area contributed by atoms with Crippen LogP contribution in [0.5, 0.6) is 0 Å². The molecular formula is C22H28BN3O4. The Morgan fingerprint density at radius 3 is 2.40 bits per heavy atom. The summed E-state index contributed by atoms with van der Waals surface area (Å²) < 4.78 is 17.6. The summed E-state index contributed by atoms with van der Waals surface area (Å²) in [6, 6.07) is 14.9. The molecule has 1 aliphatic heterocycles. The van der Waals surface area contributed by atoms with Crippen LogP contribution in [0.25, 0.3) is 6.08 Å². The van der Waals surface area contributed by atoms with Crippen molar-refractivity contribution in [3.8, 4) is 0 Å². The lowest BCUT2D eigenvalue weighted by Gasteiger charge is -2.32. The molecule has 1 aromatic heterocycles. The highest BCUT2D eigenvalue weighted by molar-refractivity contribution is 6.56. The number of nitrogens with two attached hydrogens (primary N) is 1. The molecule has 30 heavy (non-hydrogen) atoms. The summed E-state index contributed by atoms with van der Waals surface area (Å²) in [6.07, 6.45) is 1.29. The molecule has 1 aromatic carbocycles. The van der Waals surface area contributed by atoms with E-state index in [2.05, 4.69) is 10.3 Å². The first-order chi connectivity index (χ1) is 14.2. The number of hydrogen-bond donors (Lipinski definition) is 2. The first-order valence-electron chi connectivity index (χ1n) is 9.89. The van der Waals surface area contributed by atoms with Crippen LogP contribution >= 0.6 is 0 Å². The summed E-state index contributed by atoms with van der Waals surface area (Å²) in [5, 5.41) is 2.77. The molecule has 1 fully saturated rings. The number of alkyl carbamates (subject to hydrolysis) is 1. The molecule has 1 saturated heterocycles. The van der Waals surface area contributed by atoms with E-state index in [0.29, 0.717) is 17.0 Å². The van der Waals surface area contributed by atoms with Crippen LogP contribution in [0, 0.1) is 0 Å². The number of carbonyl (C=O) groups is 1. The van der Waals surface area contributed by atoms with Gasteiger partial charge in [-0.05, 0) is 56.9 Å². The number of nitrogen functional groups attached to an aromatic ring is 1. The zero-order chi connectivity index (χ0) is 21.8. The molecular weight excluding hydrogens is 381 g/mol. The van der Waals surface area contributed by atoms with Gasteiger partial charge in [-0.1, -0.05) is 36.4 Å². The van der Waals surface area contributed by atoms with Crippen molar-refractivity contribution in [2.24, 2.45) is 0 Å². The Morgan fingerprint density at radius 2 is 1.77 bits per heavy atom. The van der Waals surface area contributed by atoms with E-state index in [0.717, 1.165) is 5.56 Å². The van der Waals surface area contributed by atoms with E-state index < -0.39 is 24.4 Å². The molecule has 7 nitrogen and oxygen atoms in total. The Labute approximate surface area is 177 Å². The molecule has 3 N–H and O–H groups in total. The number of anilines is 1. The molecule has 3 rings (SSSR count). The highest BCUT2D eigenvalue weighted by Crippen LogP contribution is 2.38. The van der Waals surface area contributed by atoms with Gasteiger partial charge < -0.3 is 25.1 Å². The van der Waals surface area contributed by atoms with Gasteiger partial charge in [-0.2, -0.15) is 0 Å². The smallest absolute Gasteiger partial charge is 0.445 e. The van der Waals surface area contributed by atoms with E-state index >= 15 is 0 Å². The standard InChI is InChI=1S/C22H28BN3O4/c1-21(2)22(3,4)30-23(29-21)17(13-18-11-8-12-19(24)26-18)14-25-20(27)28-15-16-9-6-5-7-10-16/h5-13H,14-15H2,1-4H3,(H2,24,26)(H,25,27). The largest absolute Gasteiger partial charge is 0.492 e. The minimum absolute atomic E-state index is 0.181. The Hall–Kier alpha value is -2.84. The second-order valence-corrected chi connectivity index (χ2v) is 8.21. The number of ether oxygens (including phenoxy) is 1. The molecule has 1 amide bonds. The summed E-state index contributed by atoms with van der Waals surface area (Å²) in [4.78, 5) is 16.5. The maximum atomic E-state index is 12.2. The SMILES string of the molecule is CC1(C)OB(C(=Cc2cccc(N)n2)CNC(=O)OCc2ccccc2)OC1(C)C. The number of benzene rings is 1. The minimum atomic E-state index is -0.632. The average Bonchev–Trinajstić information content (AvgIpc) is 2.91. The summed E-state index contributed by atoms with van der Waals surface area (Å²) in [5.74, 6) is 0.409. The van der Waals surface area contributed by atoms with Crippen molar-refractivity contribution >= 4 is 25.1 Å². The zero-order valence-electron chi connectivity index (χ0n) is 17.8. The third kappa shape index (κ3) is 5.40. The van der Waals surface area contributed by atoms with E-state index in [1.165, 1.54) is 0 Å². The van der Waals surface area contributed by atoms with Crippen molar-refractivity contribution < 1.29 is 18.8 Å². The number of hydrogen-bond acceptors (Lipinski definition) is 6. The normalized spacial score (nSPS) is 17.6. The third-order valence-electron chi connectivity index (χ3n) is 5.33. The van der Waals surface area contributed by atoms with E-state index in [1.807, 2.05) is 76.2 Å². The molecule has 0 saturated carbocycles. The van der Waals surface area contributed by atoms with Crippen molar-refractivity contribution in [3.05, 3.63) is 65.3 Å². The number of carbonyl (C=O) groups excluding carboxylic acids is 1. The molecule has 0 unspecified atom stereocenters. The van der Waals surface area contributed by atoms with Gasteiger partial charge >= 0.3 is 13.2 Å². The molecule has 8 heteroatoms. The van der Waals surface area contributed by atoms with E-state index in [-0.39, 0.29) is 13.2 Å². The van der Waals surface area contributed by atoms with Crippen LogP contribution in [0.15, 0.2) is 54.0 Å². The van der Waals surface area contributed by atoms with Crippen LogP contribution in [0.1, 0.15) is 39.0 Å². The molecule has 158 valence electrons. The number of rotatable bonds is 6. The van der Waals surface area contributed by atoms with Crippen LogP contribution in [0.3, 0.4) is 0 Å². The molecule has 0 bridgehead atoms. The van der Waals surface area contributed by atoms with Crippen LogP contribution < -0.4 is 11.1 Å². The van der Waals surface area contributed by atoms with E-state index in [1.54, 1.807) is 6.07 Å². The van der Waals surface area contributed by atoms with Gasteiger partial charge in [0.05, 0.1) is 16.9 Å². The van der Waals surface area contributed by atoms with Gasteiger partial charge in [-0.25, -0.2) is 9.78 Å². The monoisotopic (exact) mass is 409 g/mol. The molecule has 0 aliphatic carbocycles. The van der Waals surface area contributed by atoms with Gasteiger partial charge in [0.25, 0.3) is 0 Å². The van der Waals surface area contributed by atoms with E-state index in [9.17, 15) is 4.79 Å². The molecule has 0 radical (unpaired) electrons. The Kier molecular flexibility index (Phi) is 6.48. The van der Waals surface area contributed by atoms with Gasteiger partial charge in [-0.15, -0.1) is 0 Å². The summed E-state index contributed by atoms with van der Waals surface area (Å²) in [5.41, 5.74) is 7.06. The topological polar surface area (TPSA) is 95.7 Å². The first-order valence-corrected chi connectivity index (χ1v) is 9.89. The number of nitrogens with zero attached hydrogens (tertiary/aromatic N) is 1. The fourth-order valence-corrected chi connectivity index (χ4v) is 2.88. The lowest BCUT2D eigenvalue weighted by Crippen LogP contribution is -2.41. The Morgan fingerprint density at radius 1 is 1.10 bits per heavy atom. The van der Waals surface area contributed by atoms with Crippen LogP contribution in [-0.4, -0.2) is 35.9 Å². The molecule has 2 aromatic rings. The Balaban J connectivity index is 1.71. The first kappa shape index (κ1) is 21.9. The second kappa shape index (κ2) is 8.89. The highest BCUT2D eigenvalue weighted by atomic mass is 16.7. The highest BCUT2D eigenvalue weighted by Gasteiger charge is 2.52. The summed E-state index contributed by atoms with van der Waals surface area (Å²) in [6.45, 7) is 8.28. The van der Waals surface area contributed by atoms with Gasteiger partial charge in [0.1, 0.15) is 12.4 Å². The number of aromatic nitrogens is 1. The van der Waals surface area contributed by atoms with Gasteiger partial charge in [0.2, 0.25) is 0 Å². The minimum Gasteiger partial charge on any atom is -0.445 e. The number of nitrogens with one attached hydrogen (secondary N) is 1. The fraction of sp³-hybridized carbons (Fsp3) is 0.364. The quantitative estimate of drug-likeness (QED) is 0.708. The maximum Gasteiger partial charge on any atom is 0.492 e. The van der Waals surface area contributed by atoms with Gasteiger partial charge in [0, 0.05) is 6.54 Å². The predicted molar refractivity (Wildman–Crippen MR) is 117 cm³/mol. The lowest BCUT2D eigenvalue weighted by atomic mass is 9.77. The van der Waals surface area contributed by atoms with Crippen LogP contribution in [0.2, 0.25) is 0 Å². The molecule has 2 heterocycles. The lowest BCUT2D eigenvalue weighted by molar-refractivity contribution is 0.00578. The molecule has 1 aliphatic rings. The second-order valence-electron chi connectivity index (χ2n) is 8.21. The Bertz CT molecular complexity index is 900. The predicted octanol–water partition coefficient (Wildman–Crippen LogP) is 3.61. The number of pyridine rings is 1. The van der Waals surface area contributed by atoms with Crippen LogP contribution in [0.4, 0.5) is 10.6 Å². The van der Waals surface area contributed by atoms with Crippen molar-refractivity contribution in [3.63, 3.8) is 0 Å². The summed E-state index contributed by atoms with van der Waals surface area (Å²) in [7, 11) is -0.632. The van der Waals surface area contributed by atoms with E-state index in [4.69, 9.17) is 19.8 Å². The number of amides is 1. The summed E-state index contributed by atoms with van der Waals surface area (Å²) >= 11 is 0.